The van der Waals surface area contributed by atoms with E-state index < -0.39 is 10.0 Å². The highest BCUT2D eigenvalue weighted by atomic mass is 35.5. The maximum absolute atomic E-state index is 11.8. The van der Waals surface area contributed by atoms with Crippen molar-refractivity contribution < 1.29 is 13.3 Å². The molecule has 1 aromatic heterocycles. The zero-order valence-electron chi connectivity index (χ0n) is 9.65. The van der Waals surface area contributed by atoms with Crippen LogP contribution in [0.4, 0.5) is 0 Å². The summed E-state index contributed by atoms with van der Waals surface area (Å²) in [6.07, 6.45) is 2.20. The number of sulfonamides is 1. The zero-order chi connectivity index (χ0) is 13.7. The average molecular weight is 300 g/mol. The monoisotopic (exact) mass is 299 g/mol. The molecule has 0 aliphatic rings. The number of rotatable bonds is 5. The Morgan fingerprint density at radius 1 is 1.16 bits per heavy atom. The van der Waals surface area contributed by atoms with E-state index in [4.69, 9.17) is 16.4 Å². The van der Waals surface area contributed by atoms with Crippen LogP contribution in [0.2, 0.25) is 5.28 Å². The second-order valence-electron chi connectivity index (χ2n) is 3.55. The maximum Gasteiger partial charge on any atom is 0.265 e. The molecule has 1 heterocycles. The van der Waals surface area contributed by atoms with E-state index in [9.17, 15) is 8.42 Å². The van der Waals surface area contributed by atoms with Crippen LogP contribution < -0.4 is 4.89 Å². The summed E-state index contributed by atoms with van der Waals surface area (Å²) in [5.74, 6) is 0. The first-order valence-electron chi connectivity index (χ1n) is 5.23. The Morgan fingerprint density at radius 3 is 2.42 bits per heavy atom. The molecule has 1 N–H and O–H groups in total. The van der Waals surface area contributed by atoms with E-state index in [0.717, 1.165) is 18.0 Å². The third-order valence-corrected chi connectivity index (χ3v) is 3.52. The molecule has 0 radical (unpaired) electrons. The van der Waals surface area contributed by atoms with E-state index in [1.807, 2.05) is 35.2 Å². The van der Waals surface area contributed by atoms with Gasteiger partial charge >= 0.3 is 0 Å². The van der Waals surface area contributed by atoms with Crippen molar-refractivity contribution in [3.8, 4) is 0 Å². The van der Waals surface area contributed by atoms with Gasteiger partial charge in [0.2, 0.25) is 5.28 Å². The van der Waals surface area contributed by atoms with Crippen molar-refractivity contribution >= 4 is 21.6 Å². The first-order valence-corrected chi connectivity index (χ1v) is 7.09. The molecule has 0 atom stereocenters. The van der Waals surface area contributed by atoms with Crippen molar-refractivity contribution in [2.75, 3.05) is 0 Å². The lowest BCUT2D eigenvalue weighted by Gasteiger charge is -2.06. The van der Waals surface area contributed by atoms with Crippen molar-refractivity contribution in [2.45, 2.75) is 11.5 Å². The number of aromatic nitrogens is 2. The second-order valence-corrected chi connectivity index (χ2v) is 5.53. The molecular formula is C11H10ClN3O3S. The third kappa shape index (κ3) is 3.97. The highest BCUT2D eigenvalue weighted by Gasteiger charge is 2.15. The molecule has 0 spiro atoms. The summed E-state index contributed by atoms with van der Waals surface area (Å²) in [7, 11) is -3.80. The van der Waals surface area contributed by atoms with Gasteiger partial charge in [0, 0.05) is 0 Å². The van der Waals surface area contributed by atoms with Gasteiger partial charge in [0.15, 0.2) is 0 Å². The van der Waals surface area contributed by atoms with E-state index >= 15 is 0 Å². The molecule has 0 aliphatic heterocycles. The highest BCUT2D eigenvalue weighted by Crippen LogP contribution is 2.08. The van der Waals surface area contributed by atoms with Crippen LogP contribution >= 0.6 is 11.6 Å². The van der Waals surface area contributed by atoms with Crippen molar-refractivity contribution in [3.63, 3.8) is 0 Å². The second kappa shape index (κ2) is 6.07. The molecule has 0 saturated carbocycles. The fourth-order valence-corrected chi connectivity index (χ4v) is 2.04. The molecule has 0 unspecified atom stereocenters. The van der Waals surface area contributed by atoms with Gasteiger partial charge in [-0.1, -0.05) is 35.2 Å². The van der Waals surface area contributed by atoms with E-state index in [-0.39, 0.29) is 16.8 Å². The van der Waals surface area contributed by atoms with Gasteiger partial charge < -0.3 is 0 Å². The summed E-state index contributed by atoms with van der Waals surface area (Å²) < 4.78 is 23.5. The lowest BCUT2D eigenvalue weighted by molar-refractivity contribution is 0.0795. The van der Waals surface area contributed by atoms with Crippen molar-refractivity contribution in [2.24, 2.45) is 0 Å². The normalized spacial score (nSPS) is 11.4. The molecule has 19 heavy (non-hydrogen) atoms. The SMILES string of the molecule is O=S(=O)(NOCc1ccccc1)c1cnc(Cl)nc1. The van der Waals surface area contributed by atoms with Gasteiger partial charge in [-0.15, -0.1) is 0 Å². The molecule has 0 saturated heterocycles. The molecule has 0 bridgehead atoms. The minimum Gasteiger partial charge on any atom is -0.282 e. The van der Waals surface area contributed by atoms with Gasteiger partial charge in [0.05, 0.1) is 19.0 Å². The largest absolute Gasteiger partial charge is 0.282 e. The van der Waals surface area contributed by atoms with Crippen molar-refractivity contribution in [1.82, 2.24) is 14.9 Å². The smallest absolute Gasteiger partial charge is 0.265 e. The lowest BCUT2D eigenvalue weighted by Crippen LogP contribution is -2.24. The standard InChI is InChI=1S/C11H10ClN3O3S/c12-11-13-6-10(7-14-11)19(16,17)15-18-8-9-4-2-1-3-5-9/h1-7,15H,8H2. The summed E-state index contributed by atoms with van der Waals surface area (Å²) in [6, 6.07) is 9.17. The Kier molecular flexibility index (Phi) is 4.43. The minimum absolute atomic E-state index is 0.0239. The summed E-state index contributed by atoms with van der Waals surface area (Å²) in [5, 5.41) is -0.0239. The third-order valence-electron chi connectivity index (χ3n) is 2.16. The fraction of sp³-hybridized carbons (Fsp3) is 0.0909. The van der Waals surface area contributed by atoms with Crippen LogP contribution in [0.15, 0.2) is 47.6 Å². The van der Waals surface area contributed by atoms with Crippen molar-refractivity contribution in [3.05, 3.63) is 53.6 Å². The molecule has 0 fully saturated rings. The topological polar surface area (TPSA) is 81.2 Å². The molecule has 2 aromatic rings. The zero-order valence-corrected chi connectivity index (χ0v) is 11.2. The van der Waals surface area contributed by atoms with Gasteiger partial charge in [-0.3, -0.25) is 4.84 Å². The number of benzene rings is 1. The molecule has 6 nitrogen and oxygen atoms in total. The Balaban J connectivity index is 1.97. The number of hydrogen-bond donors (Lipinski definition) is 1. The summed E-state index contributed by atoms with van der Waals surface area (Å²) in [6.45, 7) is 0.120. The molecule has 2 rings (SSSR count). The van der Waals surface area contributed by atoms with Gasteiger partial charge in [0.1, 0.15) is 4.90 Å². The summed E-state index contributed by atoms with van der Waals surface area (Å²) >= 11 is 5.48. The fourth-order valence-electron chi connectivity index (χ4n) is 1.25. The minimum atomic E-state index is -3.80. The molecular weight excluding hydrogens is 290 g/mol. The molecule has 0 aliphatic carbocycles. The summed E-state index contributed by atoms with van der Waals surface area (Å²) in [5.41, 5.74) is 0.845. The Morgan fingerprint density at radius 2 is 1.79 bits per heavy atom. The Labute approximate surface area is 115 Å². The van der Waals surface area contributed by atoms with E-state index in [1.54, 1.807) is 0 Å². The number of nitrogens with zero attached hydrogens (tertiary/aromatic N) is 2. The van der Waals surface area contributed by atoms with Crippen LogP contribution in [0.25, 0.3) is 0 Å². The molecule has 100 valence electrons. The van der Waals surface area contributed by atoms with Crippen molar-refractivity contribution in [1.29, 1.82) is 0 Å². The Bertz CT molecular complexity index is 632. The molecule has 8 heteroatoms. The van der Waals surface area contributed by atoms with E-state index in [1.165, 1.54) is 0 Å². The first kappa shape index (κ1) is 13.9. The van der Waals surface area contributed by atoms with Crippen LogP contribution in [-0.2, 0) is 21.5 Å². The Hall–Kier alpha value is -1.54. The predicted molar refractivity (Wildman–Crippen MR) is 68.6 cm³/mol. The maximum atomic E-state index is 11.8. The lowest BCUT2D eigenvalue weighted by atomic mass is 10.2. The van der Waals surface area contributed by atoms with Crippen LogP contribution in [0.3, 0.4) is 0 Å². The highest BCUT2D eigenvalue weighted by molar-refractivity contribution is 7.89. The average Bonchev–Trinajstić information content (AvgIpc) is 2.40. The molecule has 0 amide bonds. The van der Waals surface area contributed by atoms with Gasteiger partial charge in [-0.25, -0.2) is 18.4 Å². The van der Waals surface area contributed by atoms with Crippen LogP contribution in [0.1, 0.15) is 5.56 Å². The van der Waals surface area contributed by atoms with Crippen LogP contribution in [0, 0.1) is 0 Å². The van der Waals surface area contributed by atoms with Crippen LogP contribution in [0.5, 0.6) is 0 Å². The number of halogens is 1. The quantitative estimate of drug-likeness (QED) is 0.669. The number of nitrogens with one attached hydrogen (secondary N) is 1. The van der Waals surface area contributed by atoms with Crippen LogP contribution in [-0.4, -0.2) is 18.4 Å². The molecule has 1 aromatic carbocycles. The van der Waals surface area contributed by atoms with E-state index in [0.29, 0.717) is 0 Å². The summed E-state index contributed by atoms with van der Waals surface area (Å²) in [4.78, 5) is 14.0. The van der Waals surface area contributed by atoms with Gasteiger partial charge in [-0.2, -0.15) is 0 Å². The van der Waals surface area contributed by atoms with Gasteiger partial charge in [0.25, 0.3) is 10.0 Å². The first-order chi connectivity index (χ1) is 9.08. The predicted octanol–water partition coefficient (Wildman–Crippen LogP) is 1.54. The van der Waals surface area contributed by atoms with E-state index in [2.05, 4.69) is 9.97 Å². The van der Waals surface area contributed by atoms with Gasteiger partial charge in [-0.05, 0) is 17.2 Å². The number of hydrogen-bond acceptors (Lipinski definition) is 5.